The van der Waals surface area contributed by atoms with Crippen LogP contribution in [0, 0.1) is 22.9 Å². The number of nitrogens with zero attached hydrogens (tertiary/aromatic N) is 3. The first-order chi connectivity index (χ1) is 9.47. The predicted octanol–water partition coefficient (Wildman–Crippen LogP) is 2.73. The van der Waals surface area contributed by atoms with Gasteiger partial charge in [0.05, 0.1) is 9.95 Å². The molecule has 106 valence electrons. The van der Waals surface area contributed by atoms with E-state index in [0.29, 0.717) is 18.1 Å². The minimum absolute atomic E-state index is 0.0492. The minimum atomic E-state index is -0.728. The van der Waals surface area contributed by atoms with Crippen molar-refractivity contribution in [2.24, 2.45) is 0 Å². The Morgan fingerprint density at radius 1 is 1.55 bits per heavy atom. The zero-order valence-electron chi connectivity index (χ0n) is 10.4. The van der Waals surface area contributed by atoms with Crippen LogP contribution < -0.4 is 5.32 Å². The van der Waals surface area contributed by atoms with Gasteiger partial charge in [-0.3, -0.25) is 10.1 Å². The molecule has 0 unspecified atom stereocenters. The van der Waals surface area contributed by atoms with Crippen LogP contribution in [-0.4, -0.2) is 21.6 Å². The smallest absolute Gasteiger partial charge is 0.294 e. The summed E-state index contributed by atoms with van der Waals surface area (Å²) in [6.45, 7) is 1.96. The Balaban J connectivity index is 2.08. The highest BCUT2D eigenvalue weighted by molar-refractivity contribution is 6.31. The lowest BCUT2D eigenvalue weighted by molar-refractivity contribution is -0.384. The number of hydrogen-bond donors (Lipinski definition) is 1. The van der Waals surface area contributed by atoms with Gasteiger partial charge in [0.25, 0.3) is 5.69 Å². The van der Waals surface area contributed by atoms with Crippen LogP contribution in [0.15, 0.2) is 16.7 Å². The van der Waals surface area contributed by atoms with Crippen molar-refractivity contribution in [2.75, 3.05) is 11.9 Å². The first-order valence-electron chi connectivity index (χ1n) is 5.64. The predicted molar refractivity (Wildman–Crippen MR) is 69.3 cm³/mol. The van der Waals surface area contributed by atoms with Gasteiger partial charge >= 0.3 is 0 Å². The van der Waals surface area contributed by atoms with E-state index in [1.165, 1.54) is 0 Å². The van der Waals surface area contributed by atoms with E-state index in [1.807, 2.05) is 0 Å². The van der Waals surface area contributed by atoms with Crippen LogP contribution in [0.2, 0.25) is 5.02 Å². The first-order valence-corrected chi connectivity index (χ1v) is 6.01. The lowest BCUT2D eigenvalue weighted by Crippen LogP contribution is -2.07. The lowest BCUT2D eigenvalue weighted by atomic mass is 10.2. The molecule has 1 heterocycles. The van der Waals surface area contributed by atoms with Crippen LogP contribution in [0.25, 0.3) is 0 Å². The third-order valence-electron chi connectivity index (χ3n) is 2.46. The summed E-state index contributed by atoms with van der Waals surface area (Å²) in [5, 5.41) is 16.9. The normalized spacial score (nSPS) is 10.6. The van der Waals surface area contributed by atoms with Crippen molar-refractivity contribution in [3.05, 3.63) is 44.8 Å². The van der Waals surface area contributed by atoms with Crippen LogP contribution in [0.1, 0.15) is 11.7 Å². The molecule has 1 aromatic heterocycles. The van der Waals surface area contributed by atoms with Gasteiger partial charge in [0.1, 0.15) is 11.5 Å². The van der Waals surface area contributed by atoms with E-state index >= 15 is 0 Å². The van der Waals surface area contributed by atoms with Crippen molar-refractivity contribution in [2.45, 2.75) is 13.3 Å². The molecule has 0 saturated carbocycles. The fourth-order valence-corrected chi connectivity index (χ4v) is 1.73. The number of anilines is 1. The molecule has 0 aliphatic heterocycles. The highest BCUT2D eigenvalue weighted by Gasteiger charge is 2.17. The van der Waals surface area contributed by atoms with Crippen LogP contribution in [-0.2, 0) is 6.42 Å². The average molecular weight is 301 g/mol. The molecule has 0 atom stereocenters. The number of hydrogen-bond acceptors (Lipinski definition) is 6. The Bertz CT molecular complexity index is 647. The van der Waals surface area contributed by atoms with Gasteiger partial charge < -0.3 is 9.84 Å². The third-order valence-corrected chi connectivity index (χ3v) is 2.75. The monoisotopic (exact) mass is 300 g/mol. The maximum absolute atomic E-state index is 13.3. The molecule has 0 fully saturated rings. The Kier molecular flexibility index (Phi) is 4.14. The average Bonchev–Trinajstić information content (AvgIpc) is 2.79. The van der Waals surface area contributed by atoms with E-state index in [-0.39, 0.29) is 22.9 Å². The largest absolute Gasteiger partial charge is 0.379 e. The summed E-state index contributed by atoms with van der Waals surface area (Å²) in [4.78, 5) is 14.2. The fraction of sp³-hybridized carbons (Fsp3) is 0.273. The second-order valence-electron chi connectivity index (χ2n) is 3.95. The summed E-state index contributed by atoms with van der Waals surface area (Å²) in [7, 11) is 0. The molecule has 0 aliphatic carbocycles. The molecule has 0 bridgehead atoms. The maximum Gasteiger partial charge on any atom is 0.294 e. The number of aromatic nitrogens is 2. The number of halogens is 2. The van der Waals surface area contributed by atoms with Crippen molar-refractivity contribution in [3.8, 4) is 0 Å². The Morgan fingerprint density at radius 3 is 2.90 bits per heavy atom. The van der Waals surface area contributed by atoms with Gasteiger partial charge in [-0.15, -0.1) is 0 Å². The van der Waals surface area contributed by atoms with Crippen molar-refractivity contribution in [1.29, 1.82) is 0 Å². The standard InChI is InChI=1S/C11H10ClFN4O3/c1-6-15-11(20-16-6)2-3-14-9-5-8(13)7(12)4-10(9)17(18)19/h4-5,14H,2-3H2,1H3. The van der Waals surface area contributed by atoms with E-state index in [2.05, 4.69) is 15.5 Å². The molecular weight excluding hydrogens is 291 g/mol. The second-order valence-corrected chi connectivity index (χ2v) is 4.36. The minimum Gasteiger partial charge on any atom is -0.379 e. The molecular formula is C11H10ClFN4O3. The molecule has 1 N–H and O–H groups in total. The first kappa shape index (κ1) is 14.2. The molecule has 0 radical (unpaired) electrons. The molecule has 9 heteroatoms. The van der Waals surface area contributed by atoms with Crippen molar-refractivity contribution in [1.82, 2.24) is 10.1 Å². The topological polar surface area (TPSA) is 94.1 Å². The summed E-state index contributed by atoms with van der Waals surface area (Å²) in [5.74, 6) is 0.170. The van der Waals surface area contributed by atoms with Gasteiger partial charge in [-0.05, 0) is 6.92 Å². The highest BCUT2D eigenvalue weighted by atomic mass is 35.5. The number of nitro groups is 1. The van der Waals surface area contributed by atoms with Crippen LogP contribution in [0.4, 0.5) is 15.8 Å². The summed E-state index contributed by atoms with van der Waals surface area (Å²) >= 11 is 5.52. The summed E-state index contributed by atoms with van der Waals surface area (Å²) in [6, 6.07) is 1.95. The number of nitrogens with one attached hydrogen (secondary N) is 1. The lowest BCUT2D eigenvalue weighted by Gasteiger charge is -2.06. The molecule has 0 saturated heterocycles. The molecule has 2 rings (SSSR count). The van der Waals surface area contributed by atoms with Gasteiger partial charge in [0.15, 0.2) is 5.82 Å². The molecule has 0 aliphatic rings. The van der Waals surface area contributed by atoms with Gasteiger partial charge in [-0.2, -0.15) is 4.98 Å². The summed E-state index contributed by atoms with van der Waals surface area (Å²) < 4.78 is 18.2. The zero-order valence-corrected chi connectivity index (χ0v) is 11.1. The number of rotatable bonds is 5. The number of nitro benzene ring substituents is 1. The van der Waals surface area contributed by atoms with Crippen LogP contribution in [0.3, 0.4) is 0 Å². The SMILES string of the molecule is Cc1noc(CCNc2cc(F)c(Cl)cc2[N+](=O)[O-])n1. The molecule has 2 aromatic rings. The summed E-state index contributed by atoms with van der Waals surface area (Å²) in [5.41, 5.74) is -0.244. The molecule has 0 amide bonds. The quantitative estimate of drug-likeness (QED) is 0.674. The maximum atomic E-state index is 13.3. The summed E-state index contributed by atoms with van der Waals surface area (Å²) in [6.07, 6.45) is 0.363. The van der Waals surface area contributed by atoms with Crippen LogP contribution in [0.5, 0.6) is 0 Å². The van der Waals surface area contributed by atoms with Gasteiger partial charge in [-0.1, -0.05) is 16.8 Å². The van der Waals surface area contributed by atoms with E-state index < -0.39 is 10.7 Å². The van der Waals surface area contributed by atoms with Crippen molar-refractivity contribution in [3.63, 3.8) is 0 Å². The van der Waals surface area contributed by atoms with Gasteiger partial charge in [-0.25, -0.2) is 4.39 Å². The van der Waals surface area contributed by atoms with E-state index in [1.54, 1.807) is 6.92 Å². The van der Waals surface area contributed by atoms with E-state index in [4.69, 9.17) is 16.1 Å². The van der Waals surface area contributed by atoms with Crippen molar-refractivity contribution >= 4 is 23.0 Å². The van der Waals surface area contributed by atoms with Gasteiger partial charge in [0, 0.05) is 25.1 Å². The number of benzene rings is 1. The molecule has 7 nitrogen and oxygen atoms in total. The number of aryl methyl sites for hydroxylation is 1. The Hall–Kier alpha value is -2.22. The molecule has 0 spiro atoms. The van der Waals surface area contributed by atoms with Gasteiger partial charge in [0.2, 0.25) is 5.89 Å². The molecule has 1 aromatic carbocycles. The van der Waals surface area contributed by atoms with E-state index in [9.17, 15) is 14.5 Å². The van der Waals surface area contributed by atoms with Crippen LogP contribution >= 0.6 is 11.6 Å². The zero-order chi connectivity index (χ0) is 14.7. The van der Waals surface area contributed by atoms with E-state index in [0.717, 1.165) is 12.1 Å². The third kappa shape index (κ3) is 3.21. The van der Waals surface area contributed by atoms with Crippen molar-refractivity contribution < 1.29 is 13.8 Å². The highest BCUT2D eigenvalue weighted by Crippen LogP contribution is 2.30. The fourth-order valence-electron chi connectivity index (χ4n) is 1.57. The Labute approximate surface area is 117 Å². The Morgan fingerprint density at radius 2 is 2.30 bits per heavy atom. The second kappa shape index (κ2) is 5.83. The molecule has 20 heavy (non-hydrogen) atoms.